The molecule has 19 heavy (non-hydrogen) atoms. The maximum atomic E-state index is 11.7. The molecule has 100 valence electrons. The van der Waals surface area contributed by atoms with Gasteiger partial charge in [0, 0.05) is 30.4 Å². The maximum Gasteiger partial charge on any atom is 0.321 e. The van der Waals surface area contributed by atoms with Crippen molar-refractivity contribution < 1.29 is 9.59 Å². The fourth-order valence-corrected chi connectivity index (χ4v) is 2.19. The van der Waals surface area contributed by atoms with Crippen LogP contribution in [0.5, 0.6) is 0 Å². The highest BCUT2D eigenvalue weighted by molar-refractivity contribution is 5.95. The lowest BCUT2D eigenvalue weighted by molar-refractivity contribution is -0.117. The lowest BCUT2D eigenvalue weighted by Crippen LogP contribution is -2.46. The van der Waals surface area contributed by atoms with Crippen molar-refractivity contribution in [2.24, 2.45) is 5.92 Å². The molecule has 1 aromatic rings. The Balaban J connectivity index is 1.67. The summed E-state index contributed by atoms with van der Waals surface area (Å²) in [5, 5.41) is 5.71. The number of rotatable bonds is 3. The van der Waals surface area contributed by atoms with Gasteiger partial charge in [0.05, 0.1) is 0 Å². The van der Waals surface area contributed by atoms with Crippen LogP contribution in [-0.2, 0) is 4.79 Å². The molecule has 0 unspecified atom stereocenters. The Morgan fingerprint density at radius 2 is 2.00 bits per heavy atom. The summed E-state index contributed by atoms with van der Waals surface area (Å²) in [6.07, 6.45) is 2.95. The highest BCUT2D eigenvalue weighted by Crippen LogP contribution is 2.30. The fourth-order valence-electron chi connectivity index (χ4n) is 2.19. The van der Waals surface area contributed by atoms with Gasteiger partial charge in [-0.3, -0.25) is 9.69 Å². The minimum atomic E-state index is -0.0546. The normalized spacial score (nSPS) is 18.9. The lowest BCUT2D eigenvalue weighted by atomic mass is 10.2. The first-order valence-corrected chi connectivity index (χ1v) is 6.70. The fraction of sp³-hybridized carbons (Fsp3) is 0.429. The van der Waals surface area contributed by atoms with Crippen molar-refractivity contribution in [2.45, 2.75) is 19.3 Å². The van der Waals surface area contributed by atoms with E-state index in [1.807, 2.05) is 24.3 Å². The van der Waals surface area contributed by atoms with Gasteiger partial charge in [0.1, 0.15) is 0 Å². The van der Waals surface area contributed by atoms with Gasteiger partial charge in [-0.25, -0.2) is 4.79 Å². The van der Waals surface area contributed by atoms with Crippen LogP contribution in [0.4, 0.5) is 16.2 Å². The third-order valence-electron chi connectivity index (χ3n) is 3.47. The van der Waals surface area contributed by atoms with Crippen LogP contribution in [0.1, 0.15) is 19.3 Å². The van der Waals surface area contributed by atoms with Gasteiger partial charge in [-0.1, -0.05) is 0 Å². The number of anilines is 2. The quantitative estimate of drug-likeness (QED) is 0.871. The second-order valence-corrected chi connectivity index (χ2v) is 5.05. The van der Waals surface area contributed by atoms with Crippen LogP contribution in [0.3, 0.4) is 0 Å². The summed E-state index contributed by atoms with van der Waals surface area (Å²) in [5.41, 5.74) is 1.65. The van der Waals surface area contributed by atoms with E-state index in [2.05, 4.69) is 10.6 Å². The molecule has 5 heteroatoms. The molecule has 3 amide bonds. The molecule has 1 saturated heterocycles. The molecule has 0 bridgehead atoms. The first-order valence-electron chi connectivity index (χ1n) is 6.70. The van der Waals surface area contributed by atoms with Crippen molar-refractivity contribution in [2.75, 3.05) is 23.3 Å². The summed E-state index contributed by atoms with van der Waals surface area (Å²) in [7, 11) is 0. The lowest BCUT2D eigenvalue weighted by Gasteiger charge is -2.27. The summed E-state index contributed by atoms with van der Waals surface area (Å²) in [6, 6.07) is 7.37. The van der Waals surface area contributed by atoms with E-state index in [1.54, 1.807) is 4.90 Å². The Labute approximate surface area is 112 Å². The monoisotopic (exact) mass is 259 g/mol. The van der Waals surface area contributed by atoms with Crippen molar-refractivity contribution in [3.63, 3.8) is 0 Å². The summed E-state index contributed by atoms with van der Waals surface area (Å²) >= 11 is 0. The van der Waals surface area contributed by atoms with Crippen LogP contribution >= 0.6 is 0 Å². The van der Waals surface area contributed by atoms with Gasteiger partial charge < -0.3 is 10.6 Å². The molecule has 1 saturated carbocycles. The third kappa shape index (κ3) is 2.70. The predicted octanol–water partition coefficient (Wildman–Crippen LogP) is 1.95. The van der Waals surface area contributed by atoms with Gasteiger partial charge in [-0.2, -0.15) is 0 Å². The smallest absolute Gasteiger partial charge is 0.321 e. The Hall–Kier alpha value is -2.04. The summed E-state index contributed by atoms with van der Waals surface area (Å²) in [5.74, 6) is 0.302. The standard InChI is InChI=1S/C14H17N3O2/c18-13(10-2-3-10)16-11-4-6-12(7-5-11)17-9-1-8-15-14(17)19/h4-7,10H,1-3,8-9H2,(H,15,19)(H,16,18). The first kappa shape index (κ1) is 12.0. The van der Waals surface area contributed by atoms with Gasteiger partial charge >= 0.3 is 6.03 Å². The average molecular weight is 259 g/mol. The van der Waals surface area contributed by atoms with Gasteiger partial charge in [0.25, 0.3) is 0 Å². The molecule has 3 rings (SSSR count). The summed E-state index contributed by atoms with van der Waals surface area (Å²) in [4.78, 5) is 25.0. The molecule has 2 N–H and O–H groups in total. The Bertz CT molecular complexity index is 494. The number of urea groups is 1. The topological polar surface area (TPSA) is 61.4 Å². The molecular formula is C14H17N3O2. The SMILES string of the molecule is O=C(Nc1ccc(N2CCCNC2=O)cc1)C1CC1. The van der Waals surface area contributed by atoms with Gasteiger partial charge in [0.15, 0.2) is 0 Å². The van der Waals surface area contributed by atoms with E-state index in [0.717, 1.165) is 43.7 Å². The van der Waals surface area contributed by atoms with Crippen molar-refractivity contribution in [3.05, 3.63) is 24.3 Å². The molecule has 1 aliphatic heterocycles. The molecule has 1 heterocycles. The molecule has 1 aliphatic carbocycles. The third-order valence-corrected chi connectivity index (χ3v) is 3.47. The largest absolute Gasteiger partial charge is 0.338 e. The van der Waals surface area contributed by atoms with Crippen molar-refractivity contribution in [1.82, 2.24) is 5.32 Å². The molecule has 0 radical (unpaired) electrons. The molecule has 0 aromatic heterocycles. The van der Waals surface area contributed by atoms with Crippen LogP contribution in [0.25, 0.3) is 0 Å². The average Bonchev–Trinajstić information content (AvgIpc) is 3.25. The molecular weight excluding hydrogens is 242 g/mol. The van der Waals surface area contributed by atoms with Crippen LogP contribution in [0.15, 0.2) is 24.3 Å². The number of amides is 3. The second kappa shape index (κ2) is 4.91. The van der Waals surface area contributed by atoms with Crippen LogP contribution in [0.2, 0.25) is 0 Å². The summed E-state index contributed by atoms with van der Waals surface area (Å²) < 4.78 is 0. The van der Waals surface area contributed by atoms with Crippen molar-refractivity contribution >= 4 is 23.3 Å². The molecule has 2 fully saturated rings. The van der Waals surface area contributed by atoms with E-state index in [0.29, 0.717) is 0 Å². The number of nitrogens with one attached hydrogen (secondary N) is 2. The zero-order valence-electron chi connectivity index (χ0n) is 10.7. The highest BCUT2D eigenvalue weighted by atomic mass is 16.2. The van der Waals surface area contributed by atoms with E-state index in [4.69, 9.17) is 0 Å². The first-order chi connectivity index (χ1) is 9.24. The zero-order valence-corrected chi connectivity index (χ0v) is 10.7. The highest BCUT2D eigenvalue weighted by Gasteiger charge is 2.29. The van der Waals surface area contributed by atoms with Crippen LogP contribution < -0.4 is 15.5 Å². The van der Waals surface area contributed by atoms with Gasteiger partial charge in [-0.05, 0) is 43.5 Å². The van der Waals surface area contributed by atoms with E-state index in [-0.39, 0.29) is 17.9 Å². The number of hydrogen-bond donors (Lipinski definition) is 2. The number of benzene rings is 1. The zero-order chi connectivity index (χ0) is 13.2. The maximum absolute atomic E-state index is 11.7. The number of nitrogens with zero attached hydrogens (tertiary/aromatic N) is 1. The minimum absolute atomic E-state index is 0.0546. The van der Waals surface area contributed by atoms with Crippen LogP contribution in [-0.4, -0.2) is 25.0 Å². The number of hydrogen-bond acceptors (Lipinski definition) is 2. The number of carbonyl (C=O) groups excluding carboxylic acids is 2. The van der Waals surface area contributed by atoms with Crippen LogP contribution in [0, 0.1) is 5.92 Å². The van der Waals surface area contributed by atoms with E-state index in [1.165, 1.54) is 0 Å². The Morgan fingerprint density at radius 3 is 2.63 bits per heavy atom. The Morgan fingerprint density at radius 1 is 1.26 bits per heavy atom. The summed E-state index contributed by atoms with van der Waals surface area (Å²) in [6.45, 7) is 1.48. The molecule has 2 aliphatic rings. The molecule has 5 nitrogen and oxygen atoms in total. The van der Waals surface area contributed by atoms with Gasteiger partial charge in [-0.15, -0.1) is 0 Å². The Kier molecular flexibility index (Phi) is 3.11. The number of carbonyl (C=O) groups is 2. The van der Waals surface area contributed by atoms with Crippen molar-refractivity contribution in [1.29, 1.82) is 0 Å². The predicted molar refractivity (Wildman–Crippen MR) is 73.2 cm³/mol. The molecule has 1 aromatic carbocycles. The van der Waals surface area contributed by atoms with E-state index < -0.39 is 0 Å². The molecule has 0 spiro atoms. The minimum Gasteiger partial charge on any atom is -0.338 e. The second-order valence-electron chi connectivity index (χ2n) is 5.05. The van der Waals surface area contributed by atoms with Crippen molar-refractivity contribution in [3.8, 4) is 0 Å². The van der Waals surface area contributed by atoms with E-state index in [9.17, 15) is 9.59 Å². The van der Waals surface area contributed by atoms with Gasteiger partial charge in [0.2, 0.25) is 5.91 Å². The van der Waals surface area contributed by atoms with E-state index >= 15 is 0 Å². The molecule has 0 atom stereocenters.